The number of rotatable bonds is 2. The maximum absolute atomic E-state index is 11.8. The van der Waals surface area contributed by atoms with E-state index >= 15 is 0 Å². The molecule has 1 aliphatic rings. The number of nitrogens with zero attached hydrogens (tertiary/aromatic N) is 2. The number of amides is 1. The average molecular weight is 305 g/mol. The summed E-state index contributed by atoms with van der Waals surface area (Å²) in [6.07, 6.45) is -0.569. The third kappa shape index (κ3) is 3.97. The zero-order valence-electron chi connectivity index (χ0n) is 12.8. The summed E-state index contributed by atoms with van der Waals surface area (Å²) in [5.74, 6) is -0.578. The van der Waals surface area contributed by atoms with Crippen LogP contribution < -0.4 is 10.2 Å². The van der Waals surface area contributed by atoms with Gasteiger partial charge in [0.15, 0.2) is 0 Å². The molecule has 0 aromatic heterocycles. The van der Waals surface area contributed by atoms with Gasteiger partial charge in [0, 0.05) is 12.2 Å². The Morgan fingerprint density at radius 1 is 1.27 bits per heavy atom. The zero-order chi connectivity index (χ0) is 16.3. The van der Waals surface area contributed by atoms with E-state index in [9.17, 15) is 9.59 Å². The Morgan fingerprint density at radius 2 is 1.91 bits per heavy atom. The Labute approximate surface area is 128 Å². The monoisotopic (exact) mass is 305 g/mol. The Balaban J connectivity index is 2.07. The van der Waals surface area contributed by atoms with E-state index in [1.807, 2.05) is 0 Å². The van der Waals surface area contributed by atoms with E-state index in [2.05, 4.69) is 10.3 Å². The van der Waals surface area contributed by atoms with Gasteiger partial charge < -0.3 is 14.7 Å². The molecular formula is C15H19N3O4. The molecule has 0 saturated carbocycles. The summed E-state index contributed by atoms with van der Waals surface area (Å²) in [4.78, 5) is 28.7. The number of carboxylic acid groups (broad SMARTS) is 1. The molecule has 0 saturated heterocycles. The lowest BCUT2D eigenvalue weighted by Gasteiger charge is -2.23. The fourth-order valence-electron chi connectivity index (χ4n) is 1.98. The fraction of sp³-hybridized carbons (Fsp3) is 0.400. The number of carboxylic acids is 1. The van der Waals surface area contributed by atoms with Crippen molar-refractivity contribution in [1.82, 2.24) is 5.32 Å². The Kier molecular flexibility index (Phi) is 4.35. The van der Waals surface area contributed by atoms with Gasteiger partial charge in [-0.3, -0.25) is 10.3 Å². The number of anilines is 1. The molecule has 7 heteroatoms. The van der Waals surface area contributed by atoms with Gasteiger partial charge in [0.2, 0.25) is 5.96 Å². The molecule has 1 aromatic rings. The van der Waals surface area contributed by atoms with Gasteiger partial charge in [0.05, 0.1) is 12.1 Å². The molecule has 22 heavy (non-hydrogen) atoms. The molecule has 2 rings (SSSR count). The molecule has 0 radical (unpaired) electrons. The second-order valence-corrected chi connectivity index (χ2v) is 5.84. The number of nitrogens with one attached hydrogen (secondary N) is 1. The minimum Gasteiger partial charge on any atom is -0.478 e. The van der Waals surface area contributed by atoms with Crippen LogP contribution in [0.2, 0.25) is 0 Å². The van der Waals surface area contributed by atoms with Crippen LogP contribution in [0.5, 0.6) is 0 Å². The maximum Gasteiger partial charge on any atom is 0.414 e. The smallest absolute Gasteiger partial charge is 0.414 e. The Bertz CT molecular complexity index is 602. The zero-order valence-corrected chi connectivity index (χ0v) is 12.8. The molecule has 1 aromatic carbocycles. The summed E-state index contributed by atoms with van der Waals surface area (Å²) < 4.78 is 5.20. The summed E-state index contributed by atoms with van der Waals surface area (Å²) in [6, 6.07) is 6.39. The van der Waals surface area contributed by atoms with E-state index < -0.39 is 17.7 Å². The second-order valence-electron chi connectivity index (χ2n) is 5.84. The van der Waals surface area contributed by atoms with Gasteiger partial charge in [-0.15, -0.1) is 0 Å². The van der Waals surface area contributed by atoms with E-state index in [4.69, 9.17) is 9.84 Å². The molecule has 1 heterocycles. The number of ether oxygens (including phenoxy) is 1. The molecule has 0 fully saturated rings. The molecule has 0 bridgehead atoms. The highest BCUT2D eigenvalue weighted by Crippen LogP contribution is 2.18. The molecule has 2 N–H and O–H groups in total. The number of benzene rings is 1. The predicted octanol–water partition coefficient (Wildman–Crippen LogP) is 2.09. The number of hydrogen-bond acceptors (Lipinski definition) is 5. The molecule has 118 valence electrons. The van der Waals surface area contributed by atoms with Gasteiger partial charge >= 0.3 is 12.1 Å². The van der Waals surface area contributed by atoms with Crippen LogP contribution in [-0.4, -0.2) is 41.8 Å². The fourth-order valence-corrected chi connectivity index (χ4v) is 1.98. The highest BCUT2D eigenvalue weighted by Gasteiger charge is 2.23. The van der Waals surface area contributed by atoms with Crippen LogP contribution >= 0.6 is 0 Å². The van der Waals surface area contributed by atoms with Crippen LogP contribution in [-0.2, 0) is 4.74 Å². The normalized spacial score (nSPS) is 14.5. The van der Waals surface area contributed by atoms with Crippen LogP contribution in [0.3, 0.4) is 0 Å². The van der Waals surface area contributed by atoms with Crippen molar-refractivity contribution in [1.29, 1.82) is 0 Å². The van der Waals surface area contributed by atoms with Crippen molar-refractivity contribution in [2.24, 2.45) is 4.99 Å². The van der Waals surface area contributed by atoms with Crippen molar-refractivity contribution in [3.63, 3.8) is 0 Å². The topological polar surface area (TPSA) is 91.2 Å². The molecule has 1 aliphatic heterocycles. The van der Waals surface area contributed by atoms with E-state index in [1.165, 1.54) is 12.1 Å². The molecular weight excluding hydrogens is 286 g/mol. The van der Waals surface area contributed by atoms with Crippen molar-refractivity contribution in [3.05, 3.63) is 29.8 Å². The number of aliphatic imine (C=N–C) groups is 1. The molecule has 0 aliphatic carbocycles. The summed E-state index contributed by atoms with van der Waals surface area (Å²) in [5, 5.41) is 11.5. The summed E-state index contributed by atoms with van der Waals surface area (Å²) in [6.45, 7) is 6.51. The Morgan fingerprint density at radius 3 is 2.45 bits per heavy atom. The first-order valence-corrected chi connectivity index (χ1v) is 6.91. The quantitative estimate of drug-likeness (QED) is 0.873. The molecule has 0 atom stereocenters. The molecule has 7 nitrogen and oxygen atoms in total. The van der Waals surface area contributed by atoms with Crippen LogP contribution in [0.15, 0.2) is 29.3 Å². The summed E-state index contributed by atoms with van der Waals surface area (Å²) in [7, 11) is 0. The van der Waals surface area contributed by atoms with Crippen molar-refractivity contribution < 1.29 is 19.4 Å². The SMILES string of the molecule is CC(C)(C)OC(=O)NC1=NCCN1c1ccc(C(=O)O)cc1. The molecule has 1 amide bonds. The Hall–Kier alpha value is -2.57. The largest absolute Gasteiger partial charge is 0.478 e. The van der Waals surface area contributed by atoms with Gasteiger partial charge in [0.1, 0.15) is 5.60 Å². The van der Waals surface area contributed by atoms with Crippen LogP contribution in [0.4, 0.5) is 10.5 Å². The van der Waals surface area contributed by atoms with Crippen LogP contribution in [0, 0.1) is 0 Å². The van der Waals surface area contributed by atoms with Crippen LogP contribution in [0.25, 0.3) is 0 Å². The number of carbonyl (C=O) groups excluding carboxylic acids is 1. The first-order valence-electron chi connectivity index (χ1n) is 6.91. The highest BCUT2D eigenvalue weighted by atomic mass is 16.6. The van der Waals surface area contributed by atoms with Crippen molar-refractivity contribution in [2.45, 2.75) is 26.4 Å². The maximum atomic E-state index is 11.8. The lowest BCUT2D eigenvalue weighted by molar-refractivity contribution is 0.0561. The first kappa shape index (κ1) is 15.8. The third-order valence-electron chi connectivity index (χ3n) is 2.88. The summed E-state index contributed by atoms with van der Waals surface area (Å²) >= 11 is 0. The molecule has 0 spiro atoms. The van der Waals surface area contributed by atoms with Gasteiger partial charge in [-0.25, -0.2) is 9.59 Å². The third-order valence-corrected chi connectivity index (χ3v) is 2.88. The van der Waals surface area contributed by atoms with Gasteiger partial charge in [0.25, 0.3) is 0 Å². The van der Waals surface area contributed by atoms with E-state index in [0.29, 0.717) is 19.0 Å². The van der Waals surface area contributed by atoms with Gasteiger partial charge in [-0.1, -0.05) is 0 Å². The van der Waals surface area contributed by atoms with E-state index in [1.54, 1.807) is 37.8 Å². The number of guanidine groups is 1. The number of aromatic carboxylic acids is 1. The lowest BCUT2D eigenvalue weighted by Crippen LogP contribution is -2.44. The lowest BCUT2D eigenvalue weighted by atomic mass is 10.2. The number of hydrogen-bond donors (Lipinski definition) is 2. The minimum absolute atomic E-state index is 0.210. The predicted molar refractivity (Wildman–Crippen MR) is 82.4 cm³/mol. The number of carbonyl (C=O) groups is 2. The molecule has 0 unspecified atom stereocenters. The highest BCUT2D eigenvalue weighted by molar-refractivity contribution is 6.05. The van der Waals surface area contributed by atoms with Gasteiger partial charge in [-0.05, 0) is 45.0 Å². The van der Waals surface area contributed by atoms with E-state index in [0.717, 1.165) is 5.69 Å². The average Bonchev–Trinajstić information content (AvgIpc) is 2.84. The van der Waals surface area contributed by atoms with Crippen molar-refractivity contribution >= 4 is 23.7 Å². The van der Waals surface area contributed by atoms with Gasteiger partial charge in [-0.2, -0.15) is 0 Å². The minimum atomic E-state index is -0.978. The second kappa shape index (κ2) is 6.05. The standard InChI is InChI=1S/C15H19N3O4/c1-15(2,3)22-14(21)17-13-16-8-9-18(13)11-6-4-10(5-7-11)12(19)20/h4-7H,8-9H2,1-3H3,(H,19,20)(H,16,17,21). The van der Waals surface area contributed by atoms with E-state index in [-0.39, 0.29) is 5.56 Å². The first-order chi connectivity index (χ1) is 10.3. The van der Waals surface area contributed by atoms with Crippen LogP contribution in [0.1, 0.15) is 31.1 Å². The number of alkyl carbamates (subject to hydrolysis) is 1. The summed E-state index contributed by atoms with van der Waals surface area (Å²) in [5.41, 5.74) is 0.385. The van der Waals surface area contributed by atoms with Crippen molar-refractivity contribution in [2.75, 3.05) is 18.0 Å². The van der Waals surface area contributed by atoms with Crippen molar-refractivity contribution in [3.8, 4) is 0 Å².